The molecule has 6 nitrogen and oxygen atoms in total. The number of unbranched alkanes of at least 4 members (excludes halogenated alkanes) is 1. The standard InChI is InChI=1S/C24H23F3N2O4/c1-2-3-12-23(22(32)33)18-17(20(30)29(21(18)31)16-10-5-4-6-11-16)19(28-23)14-8-7-9-15(13-14)24(25,26)27/h4-11,13,17-19,28H,2-3,12H2,1H3,(H,32,33). The number of hydrogen-bond acceptors (Lipinski definition) is 4. The minimum absolute atomic E-state index is 0.0666. The smallest absolute Gasteiger partial charge is 0.416 e. The number of carbonyl (C=O) groups excluding carboxylic acids is 2. The van der Waals surface area contributed by atoms with Crippen molar-refractivity contribution in [3.05, 3.63) is 65.7 Å². The van der Waals surface area contributed by atoms with E-state index in [0.29, 0.717) is 18.5 Å². The van der Waals surface area contributed by atoms with Crippen LogP contribution in [0.25, 0.3) is 0 Å². The summed E-state index contributed by atoms with van der Waals surface area (Å²) in [5.74, 6) is -4.96. The van der Waals surface area contributed by atoms with Gasteiger partial charge in [0.05, 0.1) is 23.1 Å². The number of benzene rings is 2. The summed E-state index contributed by atoms with van der Waals surface area (Å²) in [7, 11) is 0. The van der Waals surface area contributed by atoms with E-state index in [1.54, 1.807) is 30.3 Å². The van der Waals surface area contributed by atoms with Crippen LogP contribution in [0, 0.1) is 11.8 Å². The third-order valence-electron chi connectivity index (χ3n) is 6.55. The van der Waals surface area contributed by atoms with Crippen LogP contribution in [0.4, 0.5) is 18.9 Å². The number of fused-ring (bicyclic) bond motifs is 1. The molecule has 0 radical (unpaired) electrons. The van der Waals surface area contributed by atoms with Crippen LogP contribution in [-0.2, 0) is 20.6 Å². The fourth-order valence-corrected chi connectivity index (χ4v) is 5.02. The summed E-state index contributed by atoms with van der Waals surface area (Å²) < 4.78 is 40.0. The molecule has 0 saturated carbocycles. The summed E-state index contributed by atoms with van der Waals surface area (Å²) in [5, 5.41) is 13.2. The lowest BCUT2D eigenvalue weighted by molar-refractivity contribution is -0.149. The first-order valence-corrected chi connectivity index (χ1v) is 10.7. The van der Waals surface area contributed by atoms with E-state index in [1.807, 2.05) is 6.92 Å². The Morgan fingerprint density at radius 2 is 1.79 bits per heavy atom. The molecule has 2 aromatic carbocycles. The van der Waals surface area contributed by atoms with Crippen LogP contribution in [0.5, 0.6) is 0 Å². The molecular weight excluding hydrogens is 437 g/mol. The minimum Gasteiger partial charge on any atom is -0.480 e. The van der Waals surface area contributed by atoms with E-state index in [0.717, 1.165) is 17.0 Å². The van der Waals surface area contributed by atoms with Crippen LogP contribution in [0.2, 0.25) is 0 Å². The SMILES string of the molecule is CCCCC1(C(=O)O)NC(c2cccc(C(F)(F)F)c2)C2C(=O)N(c3ccccc3)C(=O)C21. The van der Waals surface area contributed by atoms with Crippen molar-refractivity contribution in [1.29, 1.82) is 0 Å². The second-order valence-electron chi connectivity index (χ2n) is 8.48. The Balaban J connectivity index is 1.86. The number of alkyl halides is 3. The monoisotopic (exact) mass is 460 g/mol. The molecule has 4 rings (SSSR count). The van der Waals surface area contributed by atoms with Gasteiger partial charge in [-0.15, -0.1) is 0 Å². The van der Waals surface area contributed by atoms with Crippen LogP contribution >= 0.6 is 0 Å². The van der Waals surface area contributed by atoms with Crippen LogP contribution in [0.15, 0.2) is 54.6 Å². The Kier molecular flexibility index (Phi) is 5.78. The highest BCUT2D eigenvalue weighted by Gasteiger charge is 2.68. The number of carbonyl (C=O) groups is 3. The molecule has 0 aromatic heterocycles. The fraction of sp³-hybridized carbons (Fsp3) is 0.375. The fourth-order valence-electron chi connectivity index (χ4n) is 5.02. The molecule has 2 saturated heterocycles. The van der Waals surface area contributed by atoms with Gasteiger partial charge >= 0.3 is 12.1 Å². The summed E-state index contributed by atoms with van der Waals surface area (Å²) in [6.45, 7) is 1.87. The maximum Gasteiger partial charge on any atom is 0.416 e. The largest absolute Gasteiger partial charge is 0.480 e. The van der Waals surface area contributed by atoms with Gasteiger partial charge in [-0.25, -0.2) is 4.90 Å². The van der Waals surface area contributed by atoms with E-state index >= 15 is 0 Å². The quantitative estimate of drug-likeness (QED) is 0.632. The van der Waals surface area contributed by atoms with Gasteiger partial charge in [-0.1, -0.05) is 50.1 Å². The number of anilines is 1. The van der Waals surface area contributed by atoms with Crippen molar-refractivity contribution in [2.24, 2.45) is 11.8 Å². The number of carboxylic acids is 1. The number of amides is 2. The highest BCUT2D eigenvalue weighted by atomic mass is 19.4. The molecule has 2 heterocycles. The third kappa shape index (κ3) is 3.70. The number of nitrogens with one attached hydrogen (secondary N) is 1. The average Bonchev–Trinajstić information content (AvgIpc) is 3.27. The lowest BCUT2D eigenvalue weighted by Crippen LogP contribution is -2.55. The molecule has 0 bridgehead atoms. The zero-order valence-corrected chi connectivity index (χ0v) is 17.8. The molecule has 2 amide bonds. The van der Waals surface area contributed by atoms with E-state index in [4.69, 9.17) is 0 Å². The van der Waals surface area contributed by atoms with Crippen molar-refractivity contribution in [2.75, 3.05) is 4.90 Å². The van der Waals surface area contributed by atoms with Crippen LogP contribution < -0.4 is 10.2 Å². The molecule has 2 aromatic rings. The molecule has 4 atom stereocenters. The number of hydrogen-bond donors (Lipinski definition) is 2. The Morgan fingerprint density at radius 3 is 2.39 bits per heavy atom. The molecule has 2 aliphatic rings. The molecule has 4 unspecified atom stereocenters. The van der Waals surface area contributed by atoms with Gasteiger partial charge in [0.25, 0.3) is 0 Å². The van der Waals surface area contributed by atoms with Crippen LogP contribution in [0.1, 0.15) is 43.4 Å². The van der Waals surface area contributed by atoms with Gasteiger partial charge in [-0.2, -0.15) is 13.2 Å². The number of para-hydroxylation sites is 1. The number of aliphatic carboxylic acids is 1. The number of nitrogens with zero attached hydrogens (tertiary/aromatic N) is 1. The highest BCUT2D eigenvalue weighted by Crippen LogP contribution is 2.51. The summed E-state index contributed by atoms with van der Waals surface area (Å²) in [4.78, 5) is 40.5. The van der Waals surface area contributed by atoms with Gasteiger partial charge in [0.1, 0.15) is 5.54 Å². The van der Waals surface area contributed by atoms with E-state index in [2.05, 4.69) is 5.32 Å². The second-order valence-corrected chi connectivity index (χ2v) is 8.48. The maximum atomic E-state index is 13.5. The first-order chi connectivity index (χ1) is 15.6. The topological polar surface area (TPSA) is 86.7 Å². The van der Waals surface area contributed by atoms with Crippen LogP contribution in [-0.4, -0.2) is 28.4 Å². The first kappa shape index (κ1) is 23.0. The van der Waals surface area contributed by atoms with E-state index in [1.165, 1.54) is 12.1 Å². The predicted molar refractivity (Wildman–Crippen MR) is 113 cm³/mol. The first-order valence-electron chi connectivity index (χ1n) is 10.7. The van der Waals surface area contributed by atoms with Gasteiger partial charge < -0.3 is 5.11 Å². The molecule has 2 fully saturated rings. The van der Waals surface area contributed by atoms with E-state index in [-0.39, 0.29) is 12.0 Å². The summed E-state index contributed by atoms with van der Waals surface area (Å²) in [6.07, 6.45) is -3.43. The lowest BCUT2D eigenvalue weighted by atomic mass is 9.76. The Morgan fingerprint density at radius 1 is 1.09 bits per heavy atom. The minimum atomic E-state index is -4.61. The van der Waals surface area contributed by atoms with Crippen LogP contribution in [0.3, 0.4) is 0 Å². The van der Waals surface area contributed by atoms with Gasteiger partial charge in [0, 0.05) is 6.04 Å². The Hall–Kier alpha value is -3.20. The number of rotatable bonds is 6. The summed E-state index contributed by atoms with van der Waals surface area (Å²) in [6, 6.07) is 11.5. The van der Waals surface area contributed by atoms with Crippen molar-refractivity contribution >= 4 is 23.5 Å². The van der Waals surface area contributed by atoms with Gasteiger partial charge in [0.15, 0.2) is 0 Å². The van der Waals surface area contributed by atoms with Crippen molar-refractivity contribution in [2.45, 2.75) is 43.9 Å². The molecule has 0 spiro atoms. The van der Waals surface area contributed by atoms with Crippen molar-refractivity contribution in [1.82, 2.24) is 5.32 Å². The maximum absolute atomic E-state index is 13.5. The van der Waals surface area contributed by atoms with E-state index < -0.39 is 52.9 Å². The van der Waals surface area contributed by atoms with Crippen molar-refractivity contribution < 1.29 is 32.7 Å². The molecule has 174 valence electrons. The normalized spacial score (nSPS) is 27.2. The number of imide groups is 1. The second kappa shape index (κ2) is 8.30. The number of carboxylic acid groups (broad SMARTS) is 1. The predicted octanol–water partition coefficient (Wildman–Crippen LogP) is 4.17. The average molecular weight is 460 g/mol. The molecular formula is C24H23F3N2O4. The lowest BCUT2D eigenvalue weighted by Gasteiger charge is -2.31. The van der Waals surface area contributed by atoms with E-state index in [9.17, 15) is 32.7 Å². The molecule has 9 heteroatoms. The van der Waals surface area contributed by atoms with Crippen molar-refractivity contribution in [3.63, 3.8) is 0 Å². The molecule has 33 heavy (non-hydrogen) atoms. The van der Waals surface area contributed by atoms with Gasteiger partial charge in [-0.3, -0.25) is 19.7 Å². The molecule has 2 N–H and O–H groups in total. The van der Waals surface area contributed by atoms with Gasteiger partial charge in [0.2, 0.25) is 11.8 Å². The zero-order chi connectivity index (χ0) is 24.0. The third-order valence-corrected chi connectivity index (χ3v) is 6.55. The van der Waals surface area contributed by atoms with Gasteiger partial charge in [-0.05, 0) is 36.2 Å². The Labute approximate surface area is 188 Å². The summed E-state index contributed by atoms with van der Waals surface area (Å²) >= 11 is 0. The summed E-state index contributed by atoms with van der Waals surface area (Å²) in [5.41, 5.74) is -2.25. The molecule has 0 aliphatic carbocycles. The Bertz CT molecular complexity index is 1090. The zero-order valence-electron chi connectivity index (χ0n) is 17.8. The highest BCUT2D eigenvalue weighted by molar-refractivity contribution is 6.24. The molecule has 2 aliphatic heterocycles. The van der Waals surface area contributed by atoms with Crippen molar-refractivity contribution in [3.8, 4) is 0 Å². The number of halogens is 3.